The minimum atomic E-state index is 0. The van der Waals surface area contributed by atoms with E-state index in [1.165, 1.54) is 12.8 Å². The molecule has 106 valence electrons. The maximum atomic E-state index is 11.4. The summed E-state index contributed by atoms with van der Waals surface area (Å²) >= 11 is 0. The third-order valence-corrected chi connectivity index (χ3v) is 3.07. The van der Waals surface area contributed by atoms with Gasteiger partial charge in [-0.15, -0.1) is 12.4 Å². The zero-order valence-electron chi connectivity index (χ0n) is 11.2. The Kier molecular flexibility index (Phi) is 6.59. The van der Waals surface area contributed by atoms with E-state index in [9.17, 15) is 4.79 Å². The van der Waals surface area contributed by atoms with Gasteiger partial charge < -0.3 is 15.5 Å². The van der Waals surface area contributed by atoms with Crippen molar-refractivity contribution in [3.05, 3.63) is 23.9 Å². The van der Waals surface area contributed by atoms with E-state index in [1.807, 2.05) is 12.3 Å². The smallest absolute Gasteiger partial charge is 0.234 e. The molecule has 1 aliphatic rings. The summed E-state index contributed by atoms with van der Waals surface area (Å²) in [7, 11) is 1.76. The molecule has 1 fully saturated rings. The number of nitrogens with one attached hydrogen (secondary N) is 2. The third kappa shape index (κ3) is 4.69. The lowest BCUT2D eigenvalue weighted by Crippen LogP contribution is -2.31. The fourth-order valence-electron chi connectivity index (χ4n) is 2.11. The second kappa shape index (κ2) is 7.96. The van der Waals surface area contributed by atoms with Crippen molar-refractivity contribution in [3.63, 3.8) is 0 Å². The van der Waals surface area contributed by atoms with Gasteiger partial charge in [-0.1, -0.05) is 0 Å². The van der Waals surface area contributed by atoms with Crippen LogP contribution in [0.1, 0.15) is 18.4 Å². The molecule has 19 heavy (non-hydrogen) atoms. The number of aromatic nitrogens is 1. The minimum absolute atomic E-state index is 0. The van der Waals surface area contributed by atoms with E-state index in [0.717, 1.165) is 24.5 Å². The Labute approximate surface area is 120 Å². The first kappa shape index (κ1) is 15.7. The van der Waals surface area contributed by atoms with Gasteiger partial charge in [-0.25, -0.2) is 4.98 Å². The van der Waals surface area contributed by atoms with Crippen molar-refractivity contribution < 1.29 is 4.79 Å². The molecule has 0 radical (unpaired) electrons. The maximum Gasteiger partial charge on any atom is 0.234 e. The monoisotopic (exact) mass is 284 g/mol. The quantitative estimate of drug-likeness (QED) is 0.845. The van der Waals surface area contributed by atoms with Crippen LogP contribution in [0.25, 0.3) is 0 Å². The zero-order chi connectivity index (χ0) is 12.8. The Morgan fingerprint density at radius 1 is 1.42 bits per heavy atom. The first-order chi connectivity index (χ1) is 8.79. The molecule has 0 aromatic carbocycles. The molecule has 0 aliphatic carbocycles. The van der Waals surface area contributed by atoms with Crippen molar-refractivity contribution in [2.45, 2.75) is 19.4 Å². The van der Waals surface area contributed by atoms with Crippen LogP contribution in [0.2, 0.25) is 0 Å². The predicted octanol–water partition coefficient (Wildman–Crippen LogP) is 0.939. The Morgan fingerprint density at radius 3 is 2.84 bits per heavy atom. The molecule has 2 N–H and O–H groups in total. The van der Waals surface area contributed by atoms with E-state index >= 15 is 0 Å². The molecule has 1 amide bonds. The van der Waals surface area contributed by atoms with Gasteiger partial charge in [0, 0.05) is 25.8 Å². The summed E-state index contributed by atoms with van der Waals surface area (Å²) in [6.07, 6.45) is 4.29. The van der Waals surface area contributed by atoms with E-state index in [-0.39, 0.29) is 18.3 Å². The predicted molar refractivity (Wildman–Crippen MR) is 78.7 cm³/mol. The first-order valence-electron chi connectivity index (χ1n) is 6.41. The van der Waals surface area contributed by atoms with Crippen LogP contribution in [0.5, 0.6) is 0 Å². The zero-order valence-corrected chi connectivity index (χ0v) is 12.0. The largest absolute Gasteiger partial charge is 0.357 e. The van der Waals surface area contributed by atoms with E-state index in [0.29, 0.717) is 13.1 Å². The van der Waals surface area contributed by atoms with E-state index in [1.54, 1.807) is 7.05 Å². The Morgan fingerprint density at radius 2 is 2.16 bits per heavy atom. The van der Waals surface area contributed by atoms with Crippen molar-refractivity contribution in [2.24, 2.45) is 0 Å². The van der Waals surface area contributed by atoms with Crippen molar-refractivity contribution >= 4 is 24.1 Å². The highest BCUT2D eigenvalue weighted by atomic mass is 35.5. The van der Waals surface area contributed by atoms with Gasteiger partial charge in [-0.05, 0) is 37.6 Å². The van der Waals surface area contributed by atoms with Crippen LogP contribution in [0.3, 0.4) is 0 Å². The number of nitrogens with zero attached hydrogens (tertiary/aromatic N) is 2. The van der Waals surface area contributed by atoms with Crippen LogP contribution in [0.4, 0.5) is 5.82 Å². The summed E-state index contributed by atoms with van der Waals surface area (Å²) in [5, 5.41) is 5.70. The van der Waals surface area contributed by atoms with Crippen LogP contribution in [-0.2, 0) is 11.3 Å². The van der Waals surface area contributed by atoms with Gasteiger partial charge >= 0.3 is 0 Å². The molecule has 2 rings (SSSR count). The van der Waals surface area contributed by atoms with Crippen LogP contribution in [0, 0.1) is 0 Å². The fraction of sp³-hybridized carbons (Fsp3) is 0.538. The van der Waals surface area contributed by atoms with Gasteiger partial charge in [-0.2, -0.15) is 0 Å². The van der Waals surface area contributed by atoms with Crippen molar-refractivity contribution in [3.8, 4) is 0 Å². The molecule has 0 unspecified atom stereocenters. The van der Waals surface area contributed by atoms with Crippen LogP contribution in [0.15, 0.2) is 18.3 Å². The second-order valence-electron chi connectivity index (χ2n) is 4.52. The number of likely N-dealkylation sites (N-methyl/N-ethyl adjacent to an activating group) is 1. The average molecular weight is 285 g/mol. The molecule has 5 nitrogen and oxygen atoms in total. The summed E-state index contributed by atoms with van der Waals surface area (Å²) in [4.78, 5) is 18.0. The SMILES string of the molecule is CNCC(=O)NCc1ccnc(N2CCCC2)c1.Cl. The number of anilines is 1. The molecular formula is C13H21ClN4O. The average Bonchev–Trinajstić information content (AvgIpc) is 2.91. The molecule has 1 saturated heterocycles. The number of halogens is 1. The number of carbonyl (C=O) groups excluding carboxylic acids is 1. The number of rotatable bonds is 5. The highest BCUT2D eigenvalue weighted by Crippen LogP contribution is 2.18. The number of hydrogen-bond acceptors (Lipinski definition) is 4. The van der Waals surface area contributed by atoms with Gasteiger partial charge in [0.05, 0.1) is 6.54 Å². The molecule has 0 saturated carbocycles. The van der Waals surface area contributed by atoms with E-state index in [2.05, 4.69) is 26.6 Å². The van der Waals surface area contributed by atoms with E-state index in [4.69, 9.17) is 0 Å². The van der Waals surface area contributed by atoms with Crippen molar-refractivity contribution in [1.82, 2.24) is 15.6 Å². The highest BCUT2D eigenvalue weighted by molar-refractivity contribution is 5.85. The Hall–Kier alpha value is -1.33. The van der Waals surface area contributed by atoms with Gasteiger partial charge in [0.25, 0.3) is 0 Å². The lowest BCUT2D eigenvalue weighted by molar-refractivity contribution is -0.120. The normalized spacial score (nSPS) is 14.1. The third-order valence-electron chi connectivity index (χ3n) is 3.07. The summed E-state index contributed by atoms with van der Waals surface area (Å²) in [5.74, 6) is 1.03. The topological polar surface area (TPSA) is 57.3 Å². The van der Waals surface area contributed by atoms with Crippen LogP contribution in [-0.4, -0.2) is 37.6 Å². The fourth-order valence-corrected chi connectivity index (χ4v) is 2.11. The number of amides is 1. The standard InChI is InChI=1S/C13H20N4O.ClH/c1-14-10-13(18)16-9-11-4-5-15-12(8-11)17-6-2-3-7-17;/h4-5,8,14H,2-3,6-7,9-10H2,1H3,(H,16,18);1H. The van der Waals surface area contributed by atoms with Gasteiger partial charge in [0.2, 0.25) is 5.91 Å². The summed E-state index contributed by atoms with van der Waals surface area (Å²) in [6, 6.07) is 4.00. The Balaban J connectivity index is 0.00000180. The summed E-state index contributed by atoms with van der Waals surface area (Å²) < 4.78 is 0. The van der Waals surface area contributed by atoms with E-state index < -0.39 is 0 Å². The molecule has 1 aliphatic heterocycles. The van der Waals surface area contributed by atoms with Gasteiger partial charge in [0.15, 0.2) is 0 Å². The second-order valence-corrected chi connectivity index (χ2v) is 4.52. The summed E-state index contributed by atoms with van der Waals surface area (Å²) in [5.41, 5.74) is 1.09. The molecule has 6 heteroatoms. The lowest BCUT2D eigenvalue weighted by Gasteiger charge is -2.16. The molecule has 1 aromatic heterocycles. The number of carbonyl (C=O) groups is 1. The van der Waals surface area contributed by atoms with Crippen molar-refractivity contribution in [2.75, 3.05) is 31.6 Å². The van der Waals surface area contributed by atoms with Gasteiger partial charge in [-0.3, -0.25) is 4.79 Å². The number of pyridine rings is 1. The highest BCUT2D eigenvalue weighted by Gasteiger charge is 2.13. The first-order valence-corrected chi connectivity index (χ1v) is 6.41. The molecule has 0 bridgehead atoms. The Bertz CT molecular complexity index is 407. The summed E-state index contributed by atoms with van der Waals surface area (Å²) in [6.45, 7) is 3.08. The molecule has 1 aromatic rings. The minimum Gasteiger partial charge on any atom is -0.357 e. The van der Waals surface area contributed by atoms with Crippen molar-refractivity contribution in [1.29, 1.82) is 0 Å². The van der Waals surface area contributed by atoms with Gasteiger partial charge in [0.1, 0.15) is 5.82 Å². The molecular weight excluding hydrogens is 264 g/mol. The van der Waals surface area contributed by atoms with Crippen LogP contribution >= 0.6 is 12.4 Å². The lowest BCUT2D eigenvalue weighted by atomic mass is 10.2. The molecule has 0 atom stereocenters. The maximum absolute atomic E-state index is 11.4. The molecule has 2 heterocycles. The number of hydrogen-bond donors (Lipinski definition) is 2. The van der Waals surface area contributed by atoms with Crippen LogP contribution < -0.4 is 15.5 Å². The molecule has 0 spiro atoms.